The third kappa shape index (κ3) is 2.63. The Labute approximate surface area is 106 Å². The lowest BCUT2D eigenvalue weighted by Crippen LogP contribution is -2.18. The van der Waals surface area contributed by atoms with Gasteiger partial charge in [0.1, 0.15) is 5.69 Å². The van der Waals surface area contributed by atoms with Gasteiger partial charge in [-0.3, -0.25) is 0 Å². The number of anilines is 1. The minimum atomic E-state index is -0.973. The maximum absolute atomic E-state index is 10.8. The van der Waals surface area contributed by atoms with Gasteiger partial charge >= 0.3 is 5.97 Å². The SMILES string of the molecule is O=C(O)c1cc(NCC(C2CC2)C2CC2)ccn1. The molecule has 3 rings (SSSR count). The summed E-state index contributed by atoms with van der Waals surface area (Å²) < 4.78 is 0. The highest BCUT2D eigenvalue weighted by Gasteiger charge is 2.40. The monoisotopic (exact) mass is 246 g/mol. The molecule has 2 N–H and O–H groups in total. The van der Waals surface area contributed by atoms with E-state index in [1.807, 2.05) is 6.07 Å². The molecule has 4 nitrogen and oxygen atoms in total. The van der Waals surface area contributed by atoms with Gasteiger partial charge in [-0.25, -0.2) is 9.78 Å². The first-order chi connectivity index (χ1) is 8.74. The molecule has 96 valence electrons. The van der Waals surface area contributed by atoms with Crippen molar-refractivity contribution in [2.45, 2.75) is 25.7 Å². The predicted octanol–water partition coefficient (Wildman–Crippen LogP) is 2.63. The number of nitrogens with one attached hydrogen (secondary N) is 1. The maximum Gasteiger partial charge on any atom is 0.354 e. The van der Waals surface area contributed by atoms with Crippen LogP contribution in [0, 0.1) is 17.8 Å². The Hall–Kier alpha value is -1.58. The minimum absolute atomic E-state index is 0.106. The molecule has 0 aliphatic heterocycles. The van der Waals surface area contributed by atoms with Crippen LogP contribution in [0.15, 0.2) is 18.3 Å². The molecular weight excluding hydrogens is 228 g/mol. The van der Waals surface area contributed by atoms with E-state index in [0.29, 0.717) is 0 Å². The van der Waals surface area contributed by atoms with E-state index in [1.165, 1.54) is 25.7 Å². The Morgan fingerprint density at radius 1 is 1.39 bits per heavy atom. The van der Waals surface area contributed by atoms with Gasteiger partial charge in [-0.2, -0.15) is 0 Å². The van der Waals surface area contributed by atoms with Crippen molar-refractivity contribution in [2.75, 3.05) is 11.9 Å². The smallest absolute Gasteiger partial charge is 0.354 e. The molecular formula is C14H18N2O2. The van der Waals surface area contributed by atoms with Crippen LogP contribution in [0.3, 0.4) is 0 Å². The lowest BCUT2D eigenvalue weighted by molar-refractivity contribution is 0.0690. The Bertz CT molecular complexity index is 441. The number of carboxylic acid groups (broad SMARTS) is 1. The maximum atomic E-state index is 10.8. The number of aromatic carboxylic acids is 1. The van der Waals surface area contributed by atoms with Crippen LogP contribution in [-0.2, 0) is 0 Å². The van der Waals surface area contributed by atoms with Crippen LogP contribution in [0.2, 0.25) is 0 Å². The van der Waals surface area contributed by atoms with Crippen molar-refractivity contribution < 1.29 is 9.90 Å². The summed E-state index contributed by atoms with van der Waals surface area (Å²) in [5.74, 6) is 1.63. The van der Waals surface area contributed by atoms with Gasteiger partial charge in [0.25, 0.3) is 0 Å². The quantitative estimate of drug-likeness (QED) is 0.810. The molecule has 1 aromatic heterocycles. The van der Waals surface area contributed by atoms with E-state index in [4.69, 9.17) is 5.11 Å². The van der Waals surface area contributed by atoms with E-state index in [1.54, 1.807) is 12.3 Å². The van der Waals surface area contributed by atoms with Gasteiger partial charge in [0, 0.05) is 18.4 Å². The van der Waals surface area contributed by atoms with Gasteiger partial charge in [-0.15, -0.1) is 0 Å². The molecule has 0 spiro atoms. The molecule has 1 heterocycles. The number of hydrogen-bond acceptors (Lipinski definition) is 3. The van der Waals surface area contributed by atoms with E-state index in [0.717, 1.165) is 30.0 Å². The molecule has 4 heteroatoms. The number of carbonyl (C=O) groups is 1. The topological polar surface area (TPSA) is 62.2 Å². The summed E-state index contributed by atoms with van der Waals surface area (Å²) in [5, 5.41) is 12.3. The fraction of sp³-hybridized carbons (Fsp3) is 0.571. The number of carboxylic acids is 1. The number of rotatable bonds is 6. The first-order valence-corrected chi connectivity index (χ1v) is 6.67. The standard InChI is InChI=1S/C14H18N2O2/c17-14(18)13-7-11(5-6-15-13)16-8-12(9-1-2-9)10-3-4-10/h5-7,9-10,12H,1-4,8H2,(H,15,16)(H,17,18). The van der Waals surface area contributed by atoms with Crippen molar-refractivity contribution in [3.63, 3.8) is 0 Å². The van der Waals surface area contributed by atoms with Crippen LogP contribution in [-0.4, -0.2) is 22.6 Å². The molecule has 2 saturated carbocycles. The second-order valence-electron chi connectivity index (χ2n) is 5.45. The zero-order chi connectivity index (χ0) is 12.5. The molecule has 0 saturated heterocycles. The van der Waals surface area contributed by atoms with Crippen molar-refractivity contribution in [3.8, 4) is 0 Å². The first-order valence-electron chi connectivity index (χ1n) is 6.67. The van der Waals surface area contributed by atoms with Crippen LogP contribution >= 0.6 is 0 Å². The van der Waals surface area contributed by atoms with Crippen LogP contribution in [0.25, 0.3) is 0 Å². The number of aromatic nitrogens is 1. The number of nitrogens with zero attached hydrogens (tertiary/aromatic N) is 1. The summed E-state index contributed by atoms with van der Waals surface area (Å²) in [5.41, 5.74) is 0.975. The van der Waals surface area contributed by atoms with Crippen molar-refractivity contribution in [2.24, 2.45) is 17.8 Å². The van der Waals surface area contributed by atoms with Crippen molar-refractivity contribution in [3.05, 3.63) is 24.0 Å². The van der Waals surface area contributed by atoms with Crippen LogP contribution in [0.1, 0.15) is 36.2 Å². The molecule has 0 amide bonds. The Kier molecular flexibility index (Phi) is 2.94. The summed E-state index contributed by atoms with van der Waals surface area (Å²) in [6.07, 6.45) is 7.05. The average Bonchev–Trinajstić information content (AvgIpc) is 3.23. The Balaban J connectivity index is 1.61. The van der Waals surface area contributed by atoms with Gasteiger partial charge in [-0.1, -0.05) is 0 Å². The summed E-state index contributed by atoms with van der Waals surface area (Å²) in [6, 6.07) is 3.45. The summed E-state index contributed by atoms with van der Waals surface area (Å²) >= 11 is 0. The number of pyridine rings is 1. The Morgan fingerprint density at radius 3 is 2.61 bits per heavy atom. The Morgan fingerprint density at radius 2 is 2.06 bits per heavy atom. The van der Waals surface area contributed by atoms with Crippen LogP contribution in [0.4, 0.5) is 5.69 Å². The highest BCUT2D eigenvalue weighted by atomic mass is 16.4. The first kappa shape index (κ1) is 11.5. The molecule has 1 aromatic rings. The second kappa shape index (κ2) is 4.59. The normalized spacial score (nSPS) is 18.9. The third-order valence-electron chi connectivity index (χ3n) is 3.98. The van der Waals surface area contributed by atoms with Gasteiger partial charge in [-0.05, 0) is 55.6 Å². The van der Waals surface area contributed by atoms with Crippen LogP contribution < -0.4 is 5.32 Å². The van der Waals surface area contributed by atoms with Crippen molar-refractivity contribution >= 4 is 11.7 Å². The summed E-state index contributed by atoms with van der Waals surface area (Å²) in [6.45, 7) is 0.971. The molecule has 0 radical (unpaired) electrons. The molecule has 2 aliphatic rings. The van der Waals surface area contributed by atoms with Crippen molar-refractivity contribution in [1.82, 2.24) is 4.98 Å². The fourth-order valence-electron chi connectivity index (χ4n) is 2.66. The molecule has 0 atom stereocenters. The lowest BCUT2D eigenvalue weighted by atomic mass is 9.98. The lowest BCUT2D eigenvalue weighted by Gasteiger charge is -2.17. The highest BCUT2D eigenvalue weighted by Crippen LogP contribution is 2.49. The molecule has 2 fully saturated rings. The van der Waals surface area contributed by atoms with E-state index < -0.39 is 5.97 Å². The number of hydrogen-bond donors (Lipinski definition) is 2. The second-order valence-corrected chi connectivity index (χ2v) is 5.45. The molecule has 0 bridgehead atoms. The summed E-state index contributed by atoms with van der Waals surface area (Å²) in [4.78, 5) is 14.7. The van der Waals surface area contributed by atoms with Gasteiger partial charge in [0.15, 0.2) is 0 Å². The van der Waals surface area contributed by atoms with Crippen LogP contribution in [0.5, 0.6) is 0 Å². The van der Waals surface area contributed by atoms with Crippen molar-refractivity contribution in [1.29, 1.82) is 0 Å². The van der Waals surface area contributed by atoms with E-state index in [-0.39, 0.29) is 5.69 Å². The summed E-state index contributed by atoms with van der Waals surface area (Å²) in [7, 11) is 0. The fourth-order valence-corrected chi connectivity index (χ4v) is 2.66. The van der Waals surface area contributed by atoms with Gasteiger partial charge < -0.3 is 10.4 Å². The minimum Gasteiger partial charge on any atom is -0.477 e. The van der Waals surface area contributed by atoms with E-state index in [2.05, 4.69) is 10.3 Å². The zero-order valence-electron chi connectivity index (χ0n) is 10.3. The van der Waals surface area contributed by atoms with Gasteiger partial charge in [0.05, 0.1) is 0 Å². The molecule has 0 unspecified atom stereocenters. The van der Waals surface area contributed by atoms with E-state index >= 15 is 0 Å². The molecule has 0 aromatic carbocycles. The molecule has 18 heavy (non-hydrogen) atoms. The van der Waals surface area contributed by atoms with E-state index in [9.17, 15) is 4.79 Å². The predicted molar refractivity (Wildman–Crippen MR) is 68.6 cm³/mol. The zero-order valence-corrected chi connectivity index (χ0v) is 10.3. The largest absolute Gasteiger partial charge is 0.477 e. The molecule has 2 aliphatic carbocycles. The van der Waals surface area contributed by atoms with Gasteiger partial charge in [0.2, 0.25) is 0 Å². The third-order valence-corrected chi connectivity index (χ3v) is 3.98. The average molecular weight is 246 g/mol. The highest BCUT2D eigenvalue weighted by molar-refractivity contribution is 5.86.